The first-order valence-electron chi connectivity index (χ1n) is 7.47. The summed E-state index contributed by atoms with van der Waals surface area (Å²) >= 11 is 0. The summed E-state index contributed by atoms with van der Waals surface area (Å²) in [5.74, 6) is 0. The Bertz CT molecular complexity index is 453. The predicted octanol–water partition coefficient (Wildman–Crippen LogP) is 1.04. The molecule has 0 radical (unpaired) electrons. The molecule has 0 amide bonds. The van der Waals surface area contributed by atoms with Crippen molar-refractivity contribution in [3.8, 4) is 0 Å². The maximum Gasteiger partial charge on any atom is 0.0900 e. The van der Waals surface area contributed by atoms with E-state index in [9.17, 15) is 5.11 Å². The molecule has 118 valence electrons. The minimum absolute atomic E-state index is 0.00220. The van der Waals surface area contributed by atoms with Gasteiger partial charge >= 0.3 is 0 Å². The van der Waals surface area contributed by atoms with Gasteiger partial charge in [0.1, 0.15) is 0 Å². The van der Waals surface area contributed by atoms with Gasteiger partial charge in [0.05, 0.1) is 25.4 Å². The average Bonchev–Trinajstić information content (AvgIpc) is 2.46. The van der Waals surface area contributed by atoms with E-state index in [1.165, 1.54) is 11.1 Å². The van der Waals surface area contributed by atoms with E-state index < -0.39 is 6.10 Å². The van der Waals surface area contributed by atoms with Gasteiger partial charge in [-0.1, -0.05) is 12.1 Å². The quantitative estimate of drug-likeness (QED) is 0.736. The van der Waals surface area contributed by atoms with Crippen LogP contribution in [0, 0.1) is 0 Å². The molecule has 1 aliphatic heterocycles. The summed E-state index contributed by atoms with van der Waals surface area (Å²) in [6, 6.07) is 6.08. The molecule has 0 bridgehead atoms. The molecule has 0 aliphatic carbocycles. The van der Waals surface area contributed by atoms with Gasteiger partial charge in [0, 0.05) is 32.4 Å². The second-order valence-electron chi connectivity index (χ2n) is 5.72. The number of rotatable bonds is 7. The summed E-state index contributed by atoms with van der Waals surface area (Å²) < 4.78 is 10.6. The molecule has 0 saturated carbocycles. The standard InChI is InChI=1S/C16H26N2O3/c1-12(10-20-2)21-11-14(19)8-18-7-6-13-4-3-5-16(17)15(13)9-18/h3-5,12,14,19H,6-11,17H2,1-2H3. The van der Waals surface area contributed by atoms with Gasteiger partial charge in [-0.2, -0.15) is 0 Å². The Kier molecular flexibility index (Phi) is 5.99. The molecular formula is C16H26N2O3. The summed E-state index contributed by atoms with van der Waals surface area (Å²) in [5.41, 5.74) is 9.41. The van der Waals surface area contributed by atoms with Gasteiger partial charge < -0.3 is 20.3 Å². The van der Waals surface area contributed by atoms with Crippen molar-refractivity contribution in [3.63, 3.8) is 0 Å². The van der Waals surface area contributed by atoms with Gasteiger partial charge in [0.25, 0.3) is 0 Å². The molecule has 1 aliphatic rings. The highest BCUT2D eigenvalue weighted by molar-refractivity contribution is 5.51. The third kappa shape index (κ3) is 4.68. The first kappa shape index (κ1) is 16.2. The van der Waals surface area contributed by atoms with Crippen molar-refractivity contribution >= 4 is 5.69 Å². The van der Waals surface area contributed by atoms with Crippen LogP contribution in [-0.4, -0.2) is 55.6 Å². The number of aliphatic hydroxyl groups is 1. The van der Waals surface area contributed by atoms with E-state index in [0.717, 1.165) is 25.2 Å². The molecule has 2 atom stereocenters. The Morgan fingerprint density at radius 1 is 1.38 bits per heavy atom. The summed E-state index contributed by atoms with van der Waals surface area (Å²) in [7, 11) is 1.64. The second-order valence-corrected chi connectivity index (χ2v) is 5.72. The molecule has 1 heterocycles. The number of aliphatic hydroxyl groups excluding tert-OH is 1. The van der Waals surface area contributed by atoms with Crippen LogP contribution in [-0.2, 0) is 22.4 Å². The zero-order chi connectivity index (χ0) is 15.2. The third-order valence-electron chi connectivity index (χ3n) is 3.83. The number of methoxy groups -OCH3 is 1. The number of fused-ring (bicyclic) bond motifs is 1. The molecule has 0 spiro atoms. The molecular weight excluding hydrogens is 268 g/mol. The number of anilines is 1. The van der Waals surface area contributed by atoms with Crippen LogP contribution in [0.25, 0.3) is 0 Å². The summed E-state index contributed by atoms with van der Waals surface area (Å²) in [6.45, 7) is 5.16. The largest absolute Gasteiger partial charge is 0.398 e. The lowest BCUT2D eigenvalue weighted by molar-refractivity contribution is -0.0406. The van der Waals surface area contributed by atoms with Crippen molar-refractivity contribution in [1.82, 2.24) is 4.90 Å². The van der Waals surface area contributed by atoms with Crippen LogP contribution in [0.3, 0.4) is 0 Å². The van der Waals surface area contributed by atoms with Crippen LogP contribution in [0.15, 0.2) is 18.2 Å². The van der Waals surface area contributed by atoms with Gasteiger partial charge in [-0.25, -0.2) is 0 Å². The van der Waals surface area contributed by atoms with Crippen LogP contribution < -0.4 is 5.73 Å². The Morgan fingerprint density at radius 2 is 2.19 bits per heavy atom. The fraction of sp³-hybridized carbons (Fsp3) is 0.625. The SMILES string of the molecule is COCC(C)OCC(O)CN1CCc2cccc(N)c2C1. The number of nitrogen functional groups attached to an aromatic ring is 1. The lowest BCUT2D eigenvalue weighted by Crippen LogP contribution is -2.39. The zero-order valence-corrected chi connectivity index (χ0v) is 12.9. The molecule has 1 aromatic rings. The fourth-order valence-corrected chi connectivity index (χ4v) is 2.73. The highest BCUT2D eigenvalue weighted by Crippen LogP contribution is 2.24. The van der Waals surface area contributed by atoms with Crippen LogP contribution in [0.5, 0.6) is 0 Å². The molecule has 2 unspecified atom stereocenters. The van der Waals surface area contributed by atoms with E-state index in [2.05, 4.69) is 11.0 Å². The minimum Gasteiger partial charge on any atom is -0.398 e. The Morgan fingerprint density at radius 3 is 2.95 bits per heavy atom. The van der Waals surface area contributed by atoms with E-state index in [4.69, 9.17) is 15.2 Å². The fourth-order valence-electron chi connectivity index (χ4n) is 2.73. The molecule has 0 saturated heterocycles. The molecule has 5 heteroatoms. The maximum absolute atomic E-state index is 10.1. The number of nitrogens with zero attached hydrogens (tertiary/aromatic N) is 1. The topological polar surface area (TPSA) is 68.0 Å². The van der Waals surface area contributed by atoms with Gasteiger partial charge in [0.15, 0.2) is 0 Å². The predicted molar refractivity (Wildman–Crippen MR) is 83.1 cm³/mol. The van der Waals surface area contributed by atoms with Crippen molar-refractivity contribution in [3.05, 3.63) is 29.3 Å². The molecule has 3 N–H and O–H groups in total. The van der Waals surface area contributed by atoms with Gasteiger partial charge in [-0.15, -0.1) is 0 Å². The van der Waals surface area contributed by atoms with Gasteiger partial charge in [-0.3, -0.25) is 4.90 Å². The highest BCUT2D eigenvalue weighted by Gasteiger charge is 2.20. The van der Waals surface area contributed by atoms with Crippen molar-refractivity contribution in [2.45, 2.75) is 32.1 Å². The van der Waals surface area contributed by atoms with Crippen molar-refractivity contribution < 1.29 is 14.6 Å². The molecule has 2 rings (SSSR count). The molecule has 0 aromatic heterocycles. The molecule has 5 nitrogen and oxygen atoms in total. The molecule has 1 aromatic carbocycles. The molecule has 0 fully saturated rings. The normalized spacial score (nSPS) is 18.2. The summed E-state index contributed by atoms with van der Waals surface area (Å²) in [4.78, 5) is 2.23. The van der Waals surface area contributed by atoms with Crippen LogP contribution in [0.1, 0.15) is 18.1 Å². The Hall–Kier alpha value is -1.14. The van der Waals surface area contributed by atoms with Gasteiger partial charge in [0.2, 0.25) is 0 Å². The van der Waals surface area contributed by atoms with E-state index in [-0.39, 0.29) is 6.10 Å². The van der Waals surface area contributed by atoms with E-state index >= 15 is 0 Å². The number of benzene rings is 1. The van der Waals surface area contributed by atoms with Crippen LogP contribution >= 0.6 is 0 Å². The van der Waals surface area contributed by atoms with E-state index in [1.54, 1.807) is 7.11 Å². The molecule has 21 heavy (non-hydrogen) atoms. The summed E-state index contributed by atoms with van der Waals surface area (Å²) in [6.07, 6.45) is 0.492. The number of hydrogen-bond acceptors (Lipinski definition) is 5. The number of hydrogen-bond donors (Lipinski definition) is 2. The lowest BCUT2D eigenvalue weighted by Gasteiger charge is -2.31. The summed E-state index contributed by atoms with van der Waals surface area (Å²) in [5, 5.41) is 10.1. The first-order valence-corrected chi connectivity index (χ1v) is 7.47. The lowest BCUT2D eigenvalue weighted by atomic mass is 9.98. The van der Waals surface area contributed by atoms with Crippen LogP contribution in [0.2, 0.25) is 0 Å². The average molecular weight is 294 g/mol. The maximum atomic E-state index is 10.1. The van der Waals surface area contributed by atoms with Crippen molar-refractivity contribution in [2.75, 3.05) is 39.1 Å². The number of nitrogens with two attached hydrogens (primary N) is 1. The van der Waals surface area contributed by atoms with Gasteiger partial charge in [-0.05, 0) is 30.5 Å². The Balaban J connectivity index is 1.81. The van der Waals surface area contributed by atoms with Crippen molar-refractivity contribution in [2.24, 2.45) is 0 Å². The second kappa shape index (κ2) is 7.75. The first-order chi connectivity index (χ1) is 10.1. The number of β-amino-alcohol motifs (C(OH)–C–C–N with tert-alkyl or cyclic N) is 1. The Labute approximate surface area is 126 Å². The minimum atomic E-state index is -0.490. The van der Waals surface area contributed by atoms with E-state index in [0.29, 0.717) is 19.8 Å². The van der Waals surface area contributed by atoms with E-state index in [1.807, 2.05) is 19.1 Å². The van der Waals surface area contributed by atoms with Crippen LogP contribution in [0.4, 0.5) is 5.69 Å². The smallest absolute Gasteiger partial charge is 0.0900 e. The third-order valence-corrected chi connectivity index (χ3v) is 3.83. The van der Waals surface area contributed by atoms with Crippen molar-refractivity contribution in [1.29, 1.82) is 0 Å². The number of ether oxygens (including phenoxy) is 2. The highest BCUT2D eigenvalue weighted by atomic mass is 16.5. The zero-order valence-electron chi connectivity index (χ0n) is 12.9. The monoisotopic (exact) mass is 294 g/mol.